The first-order valence-corrected chi connectivity index (χ1v) is 7.05. The van der Waals surface area contributed by atoms with E-state index < -0.39 is 0 Å². The van der Waals surface area contributed by atoms with Crippen molar-refractivity contribution in [2.75, 3.05) is 24.7 Å². The van der Waals surface area contributed by atoms with E-state index in [0.717, 1.165) is 11.4 Å². The molecule has 0 aliphatic heterocycles. The summed E-state index contributed by atoms with van der Waals surface area (Å²) in [5.74, 6) is 1.48. The molecule has 0 atom stereocenters. The van der Waals surface area contributed by atoms with Crippen molar-refractivity contribution in [3.05, 3.63) is 23.9 Å². The number of anilines is 1. The van der Waals surface area contributed by atoms with Crippen LogP contribution in [0.5, 0.6) is 0 Å². The minimum atomic E-state index is 0.0715. The largest absolute Gasteiger partial charge is 0.362 e. The Kier molecular flexibility index (Phi) is 5.98. The maximum absolute atomic E-state index is 11.6. The summed E-state index contributed by atoms with van der Waals surface area (Å²) in [6, 6.07) is 3.87. The van der Waals surface area contributed by atoms with Crippen LogP contribution in [-0.4, -0.2) is 36.0 Å². The summed E-state index contributed by atoms with van der Waals surface area (Å²) in [5, 5.41) is 3.40. The summed E-state index contributed by atoms with van der Waals surface area (Å²) in [7, 11) is 3.89. The zero-order chi connectivity index (χ0) is 13.5. The molecule has 0 aromatic carbocycles. The van der Waals surface area contributed by atoms with Crippen molar-refractivity contribution in [3.63, 3.8) is 0 Å². The van der Waals surface area contributed by atoms with Gasteiger partial charge < -0.3 is 10.2 Å². The average Bonchev–Trinajstić information content (AvgIpc) is 2.34. The number of rotatable bonds is 6. The number of thioether (sulfide) groups is 1. The van der Waals surface area contributed by atoms with Crippen molar-refractivity contribution in [3.8, 4) is 0 Å². The minimum absolute atomic E-state index is 0.0715. The first-order chi connectivity index (χ1) is 8.50. The molecule has 0 saturated carbocycles. The monoisotopic (exact) mass is 267 g/mol. The highest BCUT2D eigenvalue weighted by atomic mass is 32.2. The Morgan fingerprint density at radius 1 is 1.50 bits per heavy atom. The maximum atomic E-state index is 11.6. The van der Waals surface area contributed by atoms with Gasteiger partial charge in [0.15, 0.2) is 0 Å². The Hall–Kier alpha value is -1.23. The standard InChI is InChI=1S/C13H21N3OS/c1-10(2)18-9-12(17)15-8-11-6-5-7-14-13(11)16(3)4/h5-7,10H,8-9H2,1-4H3,(H,15,17). The van der Waals surface area contributed by atoms with E-state index in [1.165, 1.54) is 0 Å². The number of carbonyl (C=O) groups is 1. The van der Waals surface area contributed by atoms with Gasteiger partial charge in [-0.15, -0.1) is 11.8 Å². The molecule has 0 unspecified atom stereocenters. The maximum Gasteiger partial charge on any atom is 0.230 e. The fourth-order valence-corrected chi connectivity index (χ4v) is 2.04. The van der Waals surface area contributed by atoms with E-state index in [9.17, 15) is 4.79 Å². The molecule has 0 aliphatic carbocycles. The second-order valence-corrected chi connectivity index (χ2v) is 6.08. The Labute approximate surface area is 113 Å². The summed E-state index contributed by atoms with van der Waals surface area (Å²) in [4.78, 5) is 17.9. The van der Waals surface area contributed by atoms with Crippen LogP contribution in [0.2, 0.25) is 0 Å². The quantitative estimate of drug-likeness (QED) is 0.855. The summed E-state index contributed by atoms with van der Waals surface area (Å²) in [6.07, 6.45) is 1.76. The fraction of sp³-hybridized carbons (Fsp3) is 0.538. The molecule has 0 spiro atoms. The molecule has 1 aromatic heterocycles. The van der Waals surface area contributed by atoms with Crippen molar-refractivity contribution in [1.29, 1.82) is 0 Å². The molecular formula is C13H21N3OS. The van der Waals surface area contributed by atoms with Crippen molar-refractivity contribution >= 4 is 23.5 Å². The number of aromatic nitrogens is 1. The fourth-order valence-electron chi connectivity index (χ4n) is 1.46. The van der Waals surface area contributed by atoms with Gasteiger partial charge >= 0.3 is 0 Å². The van der Waals surface area contributed by atoms with E-state index in [-0.39, 0.29) is 5.91 Å². The molecular weight excluding hydrogens is 246 g/mol. The van der Waals surface area contributed by atoms with Crippen LogP contribution in [0.1, 0.15) is 19.4 Å². The van der Waals surface area contributed by atoms with Crippen LogP contribution < -0.4 is 10.2 Å². The normalized spacial score (nSPS) is 10.5. The molecule has 1 amide bonds. The van der Waals surface area contributed by atoms with E-state index in [1.807, 2.05) is 31.1 Å². The lowest BCUT2D eigenvalue weighted by atomic mass is 10.2. The zero-order valence-electron chi connectivity index (χ0n) is 11.4. The average molecular weight is 267 g/mol. The number of hydrogen-bond acceptors (Lipinski definition) is 4. The summed E-state index contributed by atoms with van der Waals surface area (Å²) in [6.45, 7) is 4.70. The smallest absolute Gasteiger partial charge is 0.230 e. The molecule has 4 nitrogen and oxygen atoms in total. The SMILES string of the molecule is CC(C)SCC(=O)NCc1cccnc1N(C)C. The van der Waals surface area contributed by atoms with Gasteiger partial charge in [-0.1, -0.05) is 19.9 Å². The van der Waals surface area contributed by atoms with Crippen LogP contribution in [-0.2, 0) is 11.3 Å². The molecule has 5 heteroatoms. The lowest BCUT2D eigenvalue weighted by Gasteiger charge is -2.16. The van der Waals surface area contributed by atoms with Crippen LogP contribution in [0, 0.1) is 0 Å². The van der Waals surface area contributed by atoms with Gasteiger partial charge in [0, 0.05) is 32.4 Å². The van der Waals surface area contributed by atoms with Crippen LogP contribution in [0.4, 0.5) is 5.82 Å². The molecule has 0 fully saturated rings. The van der Waals surface area contributed by atoms with Crippen molar-refractivity contribution in [1.82, 2.24) is 10.3 Å². The number of carbonyl (C=O) groups excluding carboxylic acids is 1. The van der Waals surface area contributed by atoms with Gasteiger partial charge in [0.25, 0.3) is 0 Å². The molecule has 100 valence electrons. The van der Waals surface area contributed by atoms with Gasteiger partial charge in [-0.3, -0.25) is 4.79 Å². The predicted molar refractivity (Wildman–Crippen MR) is 78.0 cm³/mol. The van der Waals surface area contributed by atoms with Crippen molar-refractivity contribution in [2.45, 2.75) is 25.6 Å². The van der Waals surface area contributed by atoms with E-state index >= 15 is 0 Å². The van der Waals surface area contributed by atoms with Gasteiger partial charge in [0.2, 0.25) is 5.91 Å². The number of nitrogens with zero attached hydrogens (tertiary/aromatic N) is 2. The van der Waals surface area contributed by atoms with Crippen LogP contribution in [0.3, 0.4) is 0 Å². The minimum Gasteiger partial charge on any atom is -0.362 e. The molecule has 1 N–H and O–H groups in total. The van der Waals surface area contributed by atoms with Gasteiger partial charge in [-0.2, -0.15) is 0 Å². The third-order valence-electron chi connectivity index (χ3n) is 2.31. The Morgan fingerprint density at radius 2 is 2.22 bits per heavy atom. The van der Waals surface area contributed by atoms with Gasteiger partial charge in [-0.05, 0) is 11.3 Å². The third-order valence-corrected chi connectivity index (χ3v) is 3.41. The number of hydrogen-bond donors (Lipinski definition) is 1. The van der Waals surface area contributed by atoms with Crippen molar-refractivity contribution < 1.29 is 4.79 Å². The van der Waals surface area contributed by atoms with E-state index in [0.29, 0.717) is 17.5 Å². The first kappa shape index (κ1) is 14.8. The molecule has 1 rings (SSSR count). The highest BCUT2D eigenvalue weighted by Gasteiger charge is 2.07. The third kappa shape index (κ3) is 4.96. The van der Waals surface area contributed by atoms with Crippen LogP contribution in [0.25, 0.3) is 0 Å². The Morgan fingerprint density at radius 3 is 2.83 bits per heavy atom. The molecule has 0 radical (unpaired) electrons. The molecule has 1 heterocycles. The molecule has 1 aromatic rings. The zero-order valence-corrected chi connectivity index (χ0v) is 12.3. The van der Waals surface area contributed by atoms with Crippen molar-refractivity contribution in [2.24, 2.45) is 0 Å². The molecule has 0 aliphatic rings. The van der Waals surface area contributed by atoms with E-state index in [1.54, 1.807) is 18.0 Å². The second-order valence-electron chi connectivity index (χ2n) is 4.52. The number of nitrogens with one attached hydrogen (secondary N) is 1. The summed E-state index contributed by atoms with van der Waals surface area (Å²) < 4.78 is 0. The van der Waals surface area contributed by atoms with Gasteiger partial charge in [-0.25, -0.2) is 4.98 Å². The van der Waals surface area contributed by atoms with E-state index in [2.05, 4.69) is 24.1 Å². The number of pyridine rings is 1. The second kappa shape index (κ2) is 7.26. The Bertz CT molecular complexity index is 394. The summed E-state index contributed by atoms with van der Waals surface area (Å²) in [5.41, 5.74) is 1.03. The Balaban J connectivity index is 2.50. The van der Waals surface area contributed by atoms with Crippen LogP contribution in [0.15, 0.2) is 18.3 Å². The highest BCUT2D eigenvalue weighted by molar-refractivity contribution is 8.00. The molecule has 18 heavy (non-hydrogen) atoms. The molecule has 0 saturated heterocycles. The first-order valence-electron chi connectivity index (χ1n) is 6.00. The lowest BCUT2D eigenvalue weighted by Crippen LogP contribution is -2.26. The number of amides is 1. The topological polar surface area (TPSA) is 45.2 Å². The van der Waals surface area contributed by atoms with Gasteiger partial charge in [0.1, 0.15) is 5.82 Å². The molecule has 0 bridgehead atoms. The lowest BCUT2D eigenvalue weighted by molar-refractivity contribution is -0.118. The highest BCUT2D eigenvalue weighted by Crippen LogP contribution is 2.14. The summed E-state index contributed by atoms with van der Waals surface area (Å²) >= 11 is 1.65. The van der Waals surface area contributed by atoms with Crippen LogP contribution >= 0.6 is 11.8 Å². The van der Waals surface area contributed by atoms with E-state index in [4.69, 9.17) is 0 Å². The predicted octanol–water partition coefficient (Wildman–Crippen LogP) is 1.91. The van der Waals surface area contributed by atoms with Gasteiger partial charge in [0.05, 0.1) is 5.75 Å².